The SMILES string of the molecule is Cc1ccc(CC(C)(C)c2ccccc2Cl)cc1C(C)(C)C. The smallest absolute Gasteiger partial charge is 0.0443 e. The monoisotopic (exact) mass is 314 g/mol. The van der Waals surface area contributed by atoms with Crippen molar-refractivity contribution in [1.29, 1.82) is 0 Å². The molecule has 0 heterocycles. The summed E-state index contributed by atoms with van der Waals surface area (Å²) >= 11 is 6.40. The van der Waals surface area contributed by atoms with Gasteiger partial charge in [0.05, 0.1) is 0 Å². The molecule has 2 aromatic rings. The number of hydrogen-bond acceptors (Lipinski definition) is 0. The highest BCUT2D eigenvalue weighted by Crippen LogP contribution is 2.34. The molecule has 0 spiro atoms. The Kier molecular flexibility index (Phi) is 4.73. The molecular weight excluding hydrogens is 288 g/mol. The van der Waals surface area contributed by atoms with Crippen LogP contribution in [0.2, 0.25) is 5.02 Å². The van der Waals surface area contributed by atoms with E-state index in [2.05, 4.69) is 71.9 Å². The van der Waals surface area contributed by atoms with E-state index in [0.717, 1.165) is 11.4 Å². The van der Waals surface area contributed by atoms with Crippen LogP contribution < -0.4 is 0 Å². The van der Waals surface area contributed by atoms with Gasteiger partial charge in [0, 0.05) is 5.02 Å². The third kappa shape index (κ3) is 3.73. The van der Waals surface area contributed by atoms with Gasteiger partial charge in [-0.1, -0.05) is 82.6 Å². The lowest BCUT2D eigenvalue weighted by Crippen LogP contribution is -2.22. The van der Waals surface area contributed by atoms with Gasteiger partial charge in [0.25, 0.3) is 0 Å². The van der Waals surface area contributed by atoms with Gasteiger partial charge in [-0.05, 0) is 52.5 Å². The van der Waals surface area contributed by atoms with Gasteiger partial charge in [0.1, 0.15) is 0 Å². The molecule has 0 N–H and O–H groups in total. The third-order valence-corrected chi connectivity index (χ3v) is 4.69. The Morgan fingerprint density at radius 3 is 2.09 bits per heavy atom. The summed E-state index contributed by atoms with van der Waals surface area (Å²) in [5.41, 5.74) is 5.58. The Bertz CT molecular complexity index is 660. The summed E-state index contributed by atoms with van der Waals surface area (Å²) in [5.74, 6) is 0. The highest BCUT2D eigenvalue weighted by Gasteiger charge is 2.24. The first-order chi connectivity index (χ1) is 10.1. The van der Waals surface area contributed by atoms with Gasteiger partial charge < -0.3 is 0 Å². The molecule has 0 fully saturated rings. The minimum atomic E-state index is 0.0166. The summed E-state index contributed by atoms with van der Waals surface area (Å²) in [6, 6.07) is 15.1. The van der Waals surface area contributed by atoms with E-state index in [4.69, 9.17) is 11.6 Å². The van der Waals surface area contributed by atoms with Crippen LogP contribution in [0.15, 0.2) is 42.5 Å². The van der Waals surface area contributed by atoms with E-state index in [1.54, 1.807) is 0 Å². The molecule has 0 aliphatic heterocycles. The lowest BCUT2D eigenvalue weighted by Gasteiger charge is -2.28. The number of halogens is 1. The molecule has 0 bridgehead atoms. The summed E-state index contributed by atoms with van der Waals surface area (Å²) in [7, 11) is 0. The zero-order chi connectivity index (χ0) is 16.5. The normalized spacial score (nSPS) is 12.5. The van der Waals surface area contributed by atoms with Gasteiger partial charge >= 0.3 is 0 Å². The summed E-state index contributed by atoms with van der Waals surface area (Å²) in [6.45, 7) is 13.6. The Balaban J connectivity index is 2.37. The van der Waals surface area contributed by atoms with Crippen molar-refractivity contribution in [2.75, 3.05) is 0 Å². The topological polar surface area (TPSA) is 0 Å². The molecule has 0 radical (unpaired) electrons. The molecule has 2 aromatic carbocycles. The summed E-state index contributed by atoms with van der Waals surface area (Å²) in [5, 5.41) is 0.857. The van der Waals surface area contributed by atoms with Gasteiger partial charge in [0.15, 0.2) is 0 Å². The fourth-order valence-corrected chi connectivity index (χ4v) is 3.59. The van der Waals surface area contributed by atoms with Crippen LogP contribution >= 0.6 is 11.6 Å². The average Bonchev–Trinajstić information content (AvgIpc) is 2.39. The second kappa shape index (κ2) is 6.08. The Morgan fingerprint density at radius 1 is 0.864 bits per heavy atom. The van der Waals surface area contributed by atoms with Gasteiger partial charge in [-0.3, -0.25) is 0 Å². The molecule has 0 nitrogen and oxygen atoms in total. The van der Waals surface area contributed by atoms with Crippen molar-refractivity contribution in [3.8, 4) is 0 Å². The fourth-order valence-electron chi connectivity index (χ4n) is 3.20. The lowest BCUT2D eigenvalue weighted by molar-refractivity contribution is 0.520. The molecule has 0 saturated carbocycles. The van der Waals surface area contributed by atoms with E-state index in [-0.39, 0.29) is 10.8 Å². The quantitative estimate of drug-likeness (QED) is 0.609. The van der Waals surface area contributed by atoms with E-state index in [9.17, 15) is 0 Å². The van der Waals surface area contributed by atoms with E-state index in [0.29, 0.717) is 0 Å². The van der Waals surface area contributed by atoms with Crippen molar-refractivity contribution in [3.63, 3.8) is 0 Å². The molecule has 0 aliphatic carbocycles. The van der Waals surface area contributed by atoms with Crippen molar-refractivity contribution < 1.29 is 0 Å². The summed E-state index contributed by atoms with van der Waals surface area (Å²) < 4.78 is 0. The van der Waals surface area contributed by atoms with Crippen molar-refractivity contribution in [3.05, 3.63) is 69.7 Å². The van der Waals surface area contributed by atoms with Crippen LogP contribution in [0, 0.1) is 6.92 Å². The average molecular weight is 315 g/mol. The highest BCUT2D eigenvalue weighted by molar-refractivity contribution is 6.31. The highest BCUT2D eigenvalue weighted by atomic mass is 35.5. The fraction of sp³-hybridized carbons (Fsp3) is 0.429. The second-order valence-corrected chi connectivity index (χ2v) is 8.35. The predicted octanol–water partition coefficient (Wildman–Crippen LogP) is 6.47. The first-order valence-electron chi connectivity index (χ1n) is 7.96. The van der Waals surface area contributed by atoms with Gasteiger partial charge in [-0.15, -0.1) is 0 Å². The predicted molar refractivity (Wildman–Crippen MR) is 98.1 cm³/mol. The van der Waals surface area contributed by atoms with Crippen LogP contribution in [0.25, 0.3) is 0 Å². The number of benzene rings is 2. The minimum absolute atomic E-state index is 0.0166. The summed E-state index contributed by atoms with van der Waals surface area (Å²) in [4.78, 5) is 0. The first kappa shape index (κ1) is 17.1. The molecule has 0 aliphatic rings. The van der Waals surface area contributed by atoms with Crippen LogP contribution in [0.5, 0.6) is 0 Å². The largest absolute Gasteiger partial charge is 0.0840 e. The van der Waals surface area contributed by atoms with E-state index in [1.807, 2.05) is 12.1 Å². The lowest BCUT2D eigenvalue weighted by atomic mass is 9.77. The molecule has 2 rings (SSSR count). The molecule has 22 heavy (non-hydrogen) atoms. The van der Waals surface area contributed by atoms with E-state index < -0.39 is 0 Å². The van der Waals surface area contributed by atoms with Crippen LogP contribution in [0.3, 0.4) is 0 Å². The second-order valence-electron chi connectivity index (χ2n) is 7.94. The Labute approximate surface area is 140 Å². The number of aryl methyl sites for hydroxylation is 1. The maximum absolute atomic E-state index is 6.40. The maximum atomic E-state index is 6.40. The van der Waals surface area contributed by atoms with Crippen molar-refractivity contribution in [1.82, 2.24) is 0 Å². The van der Waals surface area contributed by atoms with E-state index in [1.165, 1.54) is 22.3 Å². The van der Waals surface area contributed by atoms with Crippen molar-refractivity contribution in [2.45, 2.75) is 58.8 Å². The molecule has 0 atom stereocenters. The van der Waals surface area contributed by atoms with Crippen LogP contribution in [-0.2, 0) is 17.3 Å². The molecule has 118 valence electrons. The van der Waals surface area contributed by atoms with Crippen molar-refractivity contribution >= 4 is 11.6 Å². The van der Waals surface area contributed by atoms with Crippen LogP contribution in [0.1, 0.15) is 56.9 Å². The van der Waals surface area contributed by atoms with E-state index >= 15 is 0 Å². The van der Waals surface area contributed by atoms with Gasteiger partial charge in [0.2, 0.25) is 0 Å². The summed E-state index contributed by atoms with van der Waals surface area (Å²) in [6.07, 6.45) is 0.986. The Morgan fingerprint density at radius 2 is 1.50 bits per heavy atom. The zero-order valence-corrected chi connectivity index (χ0v) is 15.4. The van der Waals surface area contributed by atoms with Crippen LogP contribution in [-0.4, -0.2) is 0 Å². The van der Waals surface area contributed by atoms with Crippen molar-refractivity contribution in [2.24, 2.45) is 0 Å². The molecule has 1 heteroatoms. The first-order valence-corrected chi connectivity index (χ1v) is 8.34. The third-order valence-electron chi connectivity index (χ3n) is 4.36. The molecule has 0 unspecified atom stereocenters. The number of hydrogen-bond donors (Lipinski definition) is 0. The standard InChI is InChI=1S/C21H27Cl/c1-15-11-12-16(13-18(15)20(2,3)4)14-21(5,6)17-9-7-8-10-19(17)22/h7-13H,14H2,1-6H3. The molecular formula is C21H27Cl. The molecule has 0 saturated heterocycles. The zero-order valence-electron chi connectivity index (χ0n) is 14.6. The number of rotatable bonds is 3. The molecule has 0 amide bonds. The Hall–Kier alpha value is -1.27. The van der Waals surface area contributed by atoms with Gasteiger partial charge in [-0.25, -0.2) is 0 Å². The minimum Gasteiger partial charge on any atom is -0.0840 e. The van der Waals surface area contributed by atoms with Gasteiger partial charge in [-0.2, -0.15) is 0 Å². The van der Waals surface area contributed by atoms with Crippen LogP contribution in [0.4, 0.5) is 0 Å². The molecule has 0 aromatic heterocycles. The maximum Gasteiger partial charge on any atom is 0.0443 e.